The Kier molecular flexibility index (Phi) is 3.84. The highest BCUT2D eigenvalue weighted by atomic mass is 35.5. The number of anilines is 1. The van der Waals surface area contributed by atoms with Crippen molar-refractivity contribution >= 4 is 28.1 Å². The number of benzene rings is 3. The summed E-state index contributed by atoms with van der Waals surface area (Å²) in [4.78, 5) is 0. The van der Waals surface area contributed by atoms with Crippen LogP contribution in [0.1, 0.15) is 17.0 Å². The summed E-state index contributed by atoms with van der Waals surface area (Å²) in [5.74, 6) is 1.92. The van der Waals surface area contributed by atoms with Crippen molar-refractivity contribution in [3.63, 3.8) is 0 Å². The second-order valence-corrected chi connectivity index (χ2v) is 6.20. The summed E-state index contributed by atoms with van der Waals surface area (Å²) < 4.78 is 6.13. The van der Waals surface area contributed by atoms with Crippen LogP contribution < -0.4 is 10.1 Å². The molecule has 0 radical (unpaired) electrons. The topological polar surface area (TPSA) is 21.3 Å². The molecule has 3 aromatic carbocycles. The summed E-state index contributed by atoms with van der Waals surface area (Å²) in [6, 6.07) is 20.8. The first kappa shape index (κ1) is 14.4. The first-order valence-electron chi connectivity index (χ1n) is 7.89. The third kappa shape index (κ3) is 2.64. The van der Waals surface area contributed by atoms with E-state index in [4.69, 9.17) is 16.3 Å². The molecule has 0 spiro atoms. The zero-order valence-corrected chi connectivity index (χ0v) is 13.5. The Morgan fingerprint density at radius 2 is 1.74 bits per heavy atom. The number of fused-ring (bicyclic) bond motifs is 3. The van der Waals surface area contributed by atoms with Gasteiger partial charge in [-0.15, -0.1) is 11.6 Å². The molecule has 0 bridgehead atoms. The Labute approximate surface area is 141 Å². The van der Waals surface area contributed by atoms with Gasteiger partial charge in [0.15, 0.2) is 0 Å². The molecule has 1 heterocycles. The highest BCUT2D eigenvalue weighted by molar-refractivity contribution is 6.18. The van der Waals surface area contributed by atoms with E-state index in [0.717, 1.165) is 23.4 Å². The van der Waals surface area contributed by atoms with Gasteiger partial charge >= 0.3 is 0 Å². The van der Waals surface area contributed by atoms with Gasteiger partial charge in [0.25, 0.3) is 0 Å². The average Bonchev–Trinajstić information content (AvgIpc) is 3.04. The number of nitrogens with one attached hydrogen (secondary N) is 1. The Balaban J connectivity index is 1.75. The zero-order valence-electron chi connectivity index (χ0n) is 12.8. The van der Waals surface area contributed by atoms with Gasteiger partial charge in [-0.3, -0.25) is 0 Å². The van der Waals surface area contributed by atoms with E-state index in [9.17, 15) is 0 Å². The van der Waals surface area contributed by atoms with E-state index in [1.165, 1.54) is 16.5 Å². The fourth-order valence-corrected chi connectivity index (χ4v) is 3.54. The average molecular weight is 324 g/mol. The van der Waals surface area contributed by atoms with E-state index in [2.05, 4.69) is 47.8 Å². The van der Waals surface area contributed by atoms with Crippen LogP contribution in [0.15, 0.2) is 60.7 Å². The van der Waals surface area contributed by atoms with E-state index < -0.39 is 0 Å². The molecule has 0 saturated carbocycles. The standard InChI is InChI=1S/C20H18ClNO/c21-11-15-12-22-18-10-19(23-13-14-6-2-1-3-7-14)16-8-4-5-9-17(16)20(15)18/h1-10,15,22H,11-13H2/t15-/m1/s1. The highest BCUT2D eigenvalue weighted by Gasteiger charge is 2.25. The van der Waals surface area contributed by atoms with E-state index in [0.29, 0.717) is 18.4 Å². The SMILES string of the molecule is ClC[C@@H]1CNc2cc(OCc3ccccc3)c3ccccc3c21. The van der Waals surface area contributed by atoms with Crippen molar-refractivity contribution in [2.45, 2.75) is 12.5 Å². The summed E-state index contributed by atoms with van der Waals surface area (Å²) in [6.45, 7) is 1.47. The molecule has 1 N–H and O–H groups in total. The van der Waals surface area contributed by atoms with Crippen LogP contribution in [-0.4, -0.2) is 12.4 Å². The van der Waals surface area contributed by atoms with Crippen molar-refractivity contribution in [2.75, 3.05) is 17.7 Å². The molecule has 23 heavy (non-hydrogen) atoms. The molecule has 2 nitrogen and oxygen atoms in total. The van der Waals surface area contributed by atoms with Gasteiger partial charge in [0.2, 0.25) is 0 Å². The smallest absolute Gasteiger partial charge is 0.129 e. The minimum Gasteiger partial charge on any atom is -0.488 e. The monoisotopic (exact) mass is 323 g/mol. The highest BCUT2D eigenvalue weighted by Crippen LogP contribution is 2.42. The minimum absolute atomic E-state index is 0.361. The van der Waals surface area contributed by atoms with Gasteiger partial charge in [0.05, 0.1) is 0 Å². The van der Waals surface area contributed by atoms with Crippen LogP contribution in [0.5, 0.6) is 5.75 Å². The molecule has 0 unspecified atom stereocenters. The largest absolute Gasteiger partial charge is 0.488 e. The molecule has 116 valence electrons. The van der Waals surface area contributed by atoms with Crippen LogP contribution in [0, 0.1) is 0 Å². The lowest BCUT2D eigenvalue weighted by Gasteiger charge is -2.15. The number of alkyl halides is 1. The van der Waals surface area contributed by atoms with Gasteiger partial charge in [-0.1, -0.05) is 54.6 Å². The maximum Gasteiger partial charge on any atom is 0.129 e. The summed E-state index contributed by atoms with van der Waals surface area (Å²) in [5.41, 5.74) is 3.64. The Bertz CT molecular complexity index is 832. The number of rotatable bonds is 4. The molecule has 1 aliphatic rings. The van der Waals surface area contributed by atoms with E-state index >= 15 is 0 Å². The lowest BCUT2D eigenvalue weighted by molar-refractivity contribution is 0.310. The van der Waals surface area contributed by atoms with Crippen LogP contribution in [0.3, 0.4) is 0 Å². The third-order valence-electron chi connectivity index (χ3n) is 4.42. The van der Waals surface area contributed by atoms with E-state index in [1.807, 2.05) is 18.2 Å². The van der Waals surface area contributed by atoms with Crippen LogP contribution in [0.2, 0.25) is 0 Å². The van der Waals surface area contributed by atoms with Gasteiger partial charge in [-0.05, 0) is 16.5 Å². The van der Waals surface area contributed by atoms with Gasteiger partial charge < -0.3 is 10.1 Å². The Morgan fingerprint density at radius 3 is 2.52 bits per heavy atom. The van der Waals surface area contributed by atoms with E-state index in [-0.39, 0.29) is 0 Å². The van der Waals surface area contributed by atoms with Crippen molar-refractivity contribution in [1.82, 2.24) is 0 Å². The van der Waals surface area contributed by atoms with Crippen molar-refractivity contribution in [3.05, 3.63) is 71.8 Å². The van der Waals surface area contributed by atoms with Crippen molar-refractivity contribution in [2.24, 2.45) is 0 Å². The van der Waals surface area contributed by atoms with Crippen LogP contribution in [-0.2, 0) is 6.61 Å². The summed E-state index contributed by atoms with van der Waals surface area (Å²) in [5, 5.41) is 5.86. The van der Waals surface area contributed by atoms with Crippen molar-refractivity contribution in [1.29, 1.82) is 0 Å². The lowest BCUT2D eigenvalue weighted by Crippen LogP contribution is -2.02. The molecular formula is C20H18ClNO. The molecule has 4 rings (SSSR count). The molecule has 0 fully saturated rings. The molecule has 0 amide bonds. The zero-order chi connectivity index (χ0) is 15.6. The molecule has 3 heteroatoms. The fraction of sp³-hybridized carbons (Fsp3) is 0.200. The first-order chi connectivity index (χ1) is 11.4. The van der Waals surface area contributed by atoms with Crippen molar-refractivity contribution < 1.29 is 4.74 Å². The third-order valence-corrected chi connectivity index (χ3v) is 4.79. The predicted molar refractivity (Wildman–Crippen MR) is 96.7 cm³/mol. The second kappa shape index (κ2) is 6.13. The van der Waals surface area contributed by atoms with Crippen LogP contribution >= 0.6 is 11.6 Å². The van der Waals surface area contributed by atoms with Gasteiger partial charge in [-0.25, -0.2) is 0 Å². The number of halogens is 1. The maximum atomic E-state index is 6.15. The number of hydrogen-bond acceptors (Lipinski definition) is 2. The Hall–Kier alpha value is -2.19. The van der Waals surface area contributed by atoms with E-state index in [1.54, 1.807) is 0 Å². The van der Waals surface area contributed by atoms with Gasteiger partial charge in [0, 0.05) is 35.5 Å². The molecule has 3 aromatic rings. The van der Waals surface area contributed by atoms with Gasteiger partial charge in [0.1, 0.15) is 12.4 Å². The molecular weight excluding hydrogens is 306 g/mol. The second-order valence-electron chi connectivity index (χ2n) is 5.89. The molecule has 0 saturated heterocycles. The van der Waals surface area contributed by atoms with Crippen LogP contribution in [0.4, 0.5) is 5.69 Å². The van der Waals surface area contributed by atoms with Crippen molar-refractivity contribution in [3.8, 4) is 5.75 Å². The lowest BCUT2D eigenvalue weighted by atomic mass is 9.95. The maximum absolute atomic E-state index is 6.15. The molecule has 1 aliphatic heterocycles. The quantitative estimate of drug-likeness (QED) is 0.669. The number of ether oxygens (including phenoxy) is 1. The fourth-order valence-electron chi connectivity index (χ4n) is 3.27. The molecule has 0 aromatic heterocycles. The summed E-state index contributed by atoms with van der Waals surface area (Å²) in [6.07, 6.45) is 0. The first-order valence-corrected chi connectivity index (χ1v) is 8.42. The summed E-state index contributed by atoms with van der Waals surface area (Å²) >= 11 is 6.15. The Morgan fingerprint density at radius 1 is 1.00 bits per heavy atom. The molecule has 1 atom stereocenters. The minimum atomic E-state index is 0.361. The summed E-state index contributed by atoms with van der Waals surface area (Å²) in [7, 11) is 0. The van der Waals surface area contributed by atoms with Crippen LogP contribution in [0.25, 0.3) is 10.8 Å². The normalized spacial score (nSPS) is 16.1. The molecule has 0 aliphatic carbocycles. The number of hydrogen-bond donors (Lipinski definition) is 1. The predicted octanol–water partition coefficient (Wildman–Crippen LogP) is 5.17. The van der Waals surface area contributed by atoms with Gasteiger partial charge in [-0.2, -0.15) is 0 Å².